The summed E-state index contributed by atoms with van der Waals surface area (Å²) in [5, 5.41) is 2.93. The molecule has 0 fully saturated rings. The molecular weight excluding hydrogens is 226 g/mol. The van der Waals surface area contributed by atoms with E-state index in [1.165, 1.54) is 17.4 Å². The van der Waals surface area contributed by atoms with Crippen molar-refractivity contribution in [3.05, 3.63) is 59.0 Å². The van der Waals surface area contributed by atoms with Gasteiger partial charge in [0, 0.05) is 0 Å². The van der Waals surface area contributed by atoms with Gasteiger partial charge in [-0.3, -0.25) is 4.79 Å². The van der Waals surface area contributed by atoms with E-state index in [1.54, 1.807) is 12.1 Å². The third kappa shape index (κ3) is 2.62. The Morgan fingerprint density at radius 2 is 2.06 bits per heavy atom. The molecule has 94 valence electrons. The van der Waals surface area contributed by atoms with Gasteiger partial charge in [0.05, 0.1) is 12.3 Å². The molecule has 1 amide bonds. The van der Waals surface area contributed by atoms with Gasteiger partial charge in [0.15, 0.2) is 5.76 Å². The number of carbonyl (C=O) groups is 1. The molecule has 0 bridgehead atoms. The number of furan rings is 1. The Kier molecular flexibility index (Phi) is 3.51. The zero-order valence-corrected chi connectivity index (χ0v) is 10.9. The summed E-state index contributed by atoms with van der Waals surface area (Å²) in [6, 6.07) is 9.56. The van der Waals surface area contributed by atoms with Crippen LogP contribution in [0.2, 0.25) is 0 Å². The van der Waals surface area contributed by atoms with Crippen LogP contribution in [0.5, 0.6) is 0 Å². The molecule has 0 aliphatic heterocycles. The number of amides is 1. The van der Waals surface area contributed by atoms with Gasteiger partial charge in [0.1, 0.15) is 0 Å². The Morgan fingerprint density at radius 1 is 1.28 bits per heavy atom. The van der Waals surface area contributed by atoms with Gasteiger partial charge >= 0.3 is 0 Å². The molecule has 3 nitrogen and oxygen atoms in total. The summed E-state index contributed by atoms with van der Waals surface area (Å²) in [6.07, 6.45) is 1.50. The van der Waals surface area contributed by atoms with Crippen molar-refractivity contribution in [1.29, 1.82) is 0 Å². The van der Waals surface area contributed by atoms with Gasteiger partial charge in [-0.05, 0) is 44.0 Å². The Hall–Kier alpha value is -2.03. The number of hydrogen-bond donors (Lipinski definition) is 1. The largest absolute Gasteiger partial charge is 0.459 e. The molecule has 0 spiro atoms. The standard InChI is InChI=1S/C15H17NO2/c1-10-6-7-11(2)13(9-10)12(3)16-15(17)14-5-4-8-18-14/h4-9,12H,1-3H3,(H,16,17)/t12-/m1/s1. The molecule has 0 saturated heterocycles. The lowest BCUT2D eigenvalue weighted by atomic mass is 10.00. The van der Waals surface area contributed by atoms with E-state index in [0.717, 1.165) is 5.56 Å². The lowest BCUT2D eigenvalue weighted by molar-refractivity contribution is 0.0912. The summed E-state index contributed by atoms with van der Waals surface area (Å²) < 4.78 is 5.07. The maximum atomic E-state index is 11.9. The second-order valence-electron chi connectivity index (χ2n) is 4.53. The average Bonchev–Trinajstić information content (AvgIpc) is 2.85. The third-order valence-electron chi connectivity index (χ3n) is 2.99. The highest BCUT2D eigenvalue weighted by Gasteiger charge is 2.14. The van der Waals surface area contributed by atoms with Crippen molar-refractivity contribution in [2.75, 3.05) is 0 Å². The van der Waals surface area contributed by atoms with Crippen LogP contribution in [0.15, 0.2) is 41.0 Å². The highest BCUT2D eigenvalue weighted by Crippen LogP contribution is 2.19. The van der Waals surface area contributed by atoms with Gasteiger partial charge in [0.2, 0.25) is 0 Å². The van der Waals surface area contributed by atoms with Crippen molar-refractivity contribution in [2.45, 2.75) is 26.8 Å². The fourth-order valence-electron chi connectivity index (χ4n) is 1.98. The van der Waals surface area contributed by atoms with Crippen LogP contribution in [0.25, 0.3) is 0 Å². The first-order valence-electron chi connectivity index (χ1n) is 5.99. The summed E-state index contributed by atoms with van der Waals surface area (Å²) in [5.41, 5.74) is 3.50. The fourth-order valence-corrected chi connectivity index (χ4v) is 1.98. The van der Waals surface area contributed by atoms with E-state index in [-0.39, 0.29) is 11.9 Å². The Bertz CT molecular complexity index is 544. The second kappa shape index (κ2) is 5.08. The summed E-state index contributed by atoms with van der Waals surface area (Å²) >= 11 is 0. The Labute approximate surface area is 107 Å². The molecule has 0 radical (unpaired) electrons. The lowest BCUT2D eigenvalue weighted by Crippen LogP contribution is -2.26. The first-order valence-corrected chi connectivity index (χ1v) is 5.99. The van der Waals surface area contributed by atoms with Crippen molar-refractivity contribution in [2.24, 2.45) is 0 Å². The molecule has 1 aromatic carbocycles. The smallest absolute Gasteiger partial charge is 0.287 e. The van der Waals surface area contributed by atoms with Crippen LogP contribution in [0.3, 0.4) is 0 Å². The first-order chi connectivity index (χ1) is 8.58. The fraction of sp³-hybridized carbons (Fsp3) is 0.267. The van der Waals surface area contributed by atoms with E-state index in [0.29, 0.717) is 5.76 Å². The quantitative estimate of drug-likeness (QED) is 0.897. The molecule has 0 aliphatic rings. The lowest BCUT2D eigenvalue weighted by Gasteiger charge is -2.16. The van der Waals surface area contributed by atoms with E-state index in [1.807, 2.05) is 20.8 Å². The Balaban J connectivity index is 2.14. The van der Waals surface area contributed by atoms with Crippen LogP contribution in [-0.4, -0.2) is 5.91 Å². The Morgan fingerprint density at radius 3 is 2.72 bits per heavy atom. The summed E-state index contributed by atoms with van der Waals surface area (Å²) in [6.45, 7) is 6.07. The van der Waals surface area contributed by atoms with Gasteiger partial charge in [-0.25, -0.2) is 0 Å². The van der Waals surface area contributed by atoms with Crippen LogP contribution < -0.4 is 5.32 Å². The predicted molar refractivity (Wildman–Crippen MR) is 70.5 cm³/mol. The molecular formula is C15H17NO2. The van der Waals surface area contributed by atoms with Gasteiger partial charge < -0.3 is 9.73 Å². The second-order valence-corrected chi connectivity index (χ2v) is 4.53. The molecule has 0 saturated carbocycles. The monoisotopic (exact) mass is 243 g/mol. The third-order valence-corrected chi connectivity index (χ3v) is 2.99. The van der Waals surface area contributed by atoms with E-state index in [9.17, 15) is 4.79 Å². The number of nitrogens with one attached hydrogen (secondary N) is 1. The molecule has 2 aromatic rings. The molecule has 1 aromatic heterocycles. The molecule has 0 unspecified atom stereocenters. The average molecular weight is 243 g/mol. The van der Waals surface area contributed by atoms with Crippen LogP contribution in [0, 0.1) is 13.8 Å². The number of rotatable bonds is 3. The number of aryl methyl sites for hydroxylation is 2. The molecule has 1 heterocycles. The van der Waals surface area contributed by atoms with Crippen LogP contribution in [0.1, 0.15) is 40.2 Å². The van der Waals surface area contributed by atoms with Crippen LogP contribution in [-0.2, 0) is 0 Å². The molecule has 0 aliphatic carbocycles. The maximum Gasteiger partial charge on any atom is 0.287 e. The minimum atomic E-state index is -0.187. The molecule has 18 heavy (non-hydrogen) atoms. The van der Waals surface area contributed by atoms with Crippen molar-refractivity contribution >= 4 is 5.91 Å². The SMILES string of the molecule is Cc1ccc(C)c([C@@H](C)NC(=O)c2ccco2)c1. The number of benzene rings is 1. The zero-order chi connectivity index (χ0) is 13.1. The van der Waals surface area contributed by atoms with E-state index in [4.69, 9.17) is 4.42 Å². The van der Waals surface area contributed by atoms with Gasteiger partial charge in [-0.1, -0.05) is 23.8 Å². The van der Waals surface area contributed by atoms with Crippen molar-refractivity contribution in [3.63, 3.8) is 0 Å². The molecule has 2 rings (SSSR count). The van der Waals surface area contributed by atoms with Crippen molar-refractivity contribution in [1.82, 2.24) is 5.32 Å². The normalized spacial score (nSPS) is 12.2. The molecule has 1 atom stereocenters. The summed E-state index contributed by atoms with van der Waals surface area (Å²) in [5.74, 6) is 0.153. The number of carbonyl (C=O) groups excluding carboxylic acids is 1. The maximum absolute atomic E-state index is 11.9. The minimum absolute atomic E-state index is 0.0394. The van der Waals surface area contributed by atoms with E-state index >= 15 is 0 Å². The highest BCUT2D eigenvalue weighted by atomic mass is 16.3. The van der Waals surface area contributed by atoms with Crippen molar-refractivity contribution in [3.8, 4) is 0 Å². The van der Waals surface area contributed by atoms with Gasteiger partial charge in [0.25, 0.3) is 5.91 Å². The van der Waals surface area contributed by atoms with E-state index < -0.39 is 0 Å². The summed E-state index contributed by atoms with van der Waals surface area (Å²) in [4.78, 5) is 11.9. The molecule has 3 heteroatoms. The first kappa shape index (κ1) is 12.4. The van der Waals surface area contributed by atoms with Crippen LogP contribution in [0.4, 0.5) is 0 Å². The van der Waals surface area contributed by atoms with E-state index in [2.05, 4.69) is 23.5 Å². The summed E-state index contributed by atoms with van der Waals surface area (Å²) in [7, 11) is 0. The zero-order valence-electron chi connectivity index (χ0n) is 10.9. The predicted octanol–water partition coefficient (Wildman–Crippen LogP) is 3.39. The van der Waals surface area contributed by atoms with Gasteiger partial charge in [-0.15, -0.1) is 0 Å². The minimum Gasteiger partial charge on any atom is -0.459 e. The van der Waals surface area contributed by atoms with Gasteiger partial charge in [-0.2, -0.15) is 0 Å². The highest BCUT2D eigenvalue weighted by molar-refractivity contribution is 5.91. The van der Waals surface area contributed by atoms with Crippen LogP contribution >= 0.6 is 0 Å². The van der Waals surface area contributed by atoms with Crippen molar-refractivity contribution < 1.29 is 9.21 Å². The number of hydrogen-bond acceptors (Lipinski definition) is 2. The topological polar surface area (TPSA) is 42.2 Å². The molecule has 1 N–H and O–H groups in total.